The number of benzene rings is 1. The van der Waals surface area contributed by atoms with Crippen molar-refractivity contribution in [3.8, 4) is 17.2 Å². The van der Waals surface area contributed by atoms with Crippen molar-refractivity contribution in [2.45, 2.75) is 52.2 Å². The number of carbonyl (C=O) groups is 2. The van der Waals surface area contributed by atoms with Crippen LogP contribution in [0.1, 0.15) is 50.4 Å². The van der Waals surface area contributed by atoms with Crippen LogP contribution >= 0.6 is 0 Å². The molecule has 0 heterocycles. The van der Waals surface area contributed by atoms with E-state index in [1.807, 2.05) is 0 Å². The average Bonchev–Trinajstić information content (AvgIpc) is 2.69. The van der Waals surface area contributed by atoms with Crippen molar-refractivity contribution in [2.75, 3.05) is 21.3 Å². The van der Waals surface area contributed by atoms with Crippen LogP contribution in [0.15, 0.2) is 12.1 Å². The van der Waals surface area contributed by atoms with Crippen molar-refractivity contribution in [1.29, 1.82) is 0 Å². The van der Waals surface area contributed by atoms with Crippen LogP contribution in [0.5, 0.6) is 17.2 Å². The monoisotopic (exact) mass is 393 g/mol. The zero-order valence-corrected chi connectivity index (χ0v) is 17.5. The zero-order chi connectivity index (χ0) is 20.8. The lowest BCUT2D eigenvalue weighted by molar-refractivity contribution is -0.130. The molecule has 1 saturated carbocycles. The minimum Gasteiger partial charge on any atom is -0.493 e. The molecule has 0 bridgehead atoms. The molecule has 0 saturated heterocycles. The summed E-state index contributed by atoms with van der Waals surface area (Å²) in [5, 5.41) is 3.03. The molecule has 1 aromatic carbocycles. The van der Waals surface area contributed by atoms with E-state index in [4.69, 9.17) is 18.9 Å². The fourth-order valence-corrected chi connectivity index (χ4v) is 3.63. The van der Waals surface area contributed by atoms with Gasteiger partial charge in [-0.2, -0.15) is 0 Å². The highest BCUT2D eigenvalue weighted by Gasteiger charge is 2.31. The van der Waals surface area contributed by atoms with Gasteiger partial charge in [0.05, 0.1) is 21.3 Å². The van der Waals surface area contributed by atoms with Gasteiger partial charge in [-0.3, -0.25) is 4.79 Å². The van der Waals surface area contributed by atoms with E-state index < -0.39 is 12.1 Å². The van der Waals surface area contributed by atoms with E-state index in [1.54, 1.807) is 13.0 Å². The molecule has 1 aliphatic rings. The summed E-state index contributed by atoms with van der Waals surface area (Å²) in [4.78, 5) is 25.2. The molecule has 1 aliphatic carbocycles. The maximum Gasteiger partial charge on any atom is 0.342 e. The van der Waals surface area contributed by atoms with E-state index in [1.165, 1.54) is 33.8 Å². The lowest BCUT2D eigenvalue weighted by Gasteiger charge is -2.35. The summed E-state index contributed by atoms with van der Waals surface area (Å²) >= 11 is 0. The number of hydrogen-bond donors (Lipinski definition) is 1. The summed E-state index contributed by atoms with van der Waals surface area (Å²) in [5.74, 6) is 0.932. The number of methoxy groups -OCH3 is 3. The highest BCUT2D eigenvalue weighted by molar-refractivity contribution is 5.96. The summed E-state index contributed by atoms with van der Waals surface area (Å²) < 4.78 is 21.2. The fraction of sp³-hybridized carbons (Fsp3) is 0.619. The summed E-state index contributed by atoms with van der Waals surface area (Å²) in [7, 11) is 4.38. The van der Waals surface area contributed by atoms with E-state index in [2.05, 4.69) is 19.2 Å². The molecule has 156 valence electrons. The molecule has 2 rings (SSSR count). The number of amides is 1. The van der Waals surface area contributed by atoms with Crippen molar-refractivity contribution < 1.29 is 28.5 Å². The second-order valence-electron chi connectivity index (χ2n) is 7.31. The van der Waals surface area contributed by atoms with E-state index in [9.17, 15) is 9.59 Å². The Kier molecular flexibility index (Phi) is 7.54. The Morgan fingerprint density at radius 1 is 1.04 bits per heavy atom. The molecule has 1 N–H and O–H groups in total. The van der Waals surface area contributed by atoms with Gasteiger partial charge in [0.25, 0.3) is 5.91 Å². The third-order valence-electron chi connectivity index (χ3n) is 5.61. The van der Waals surface area contributed by atoms with E-state index in [0.29, 0.717) is 23.3 Å². The van der Waals surface area contributed by atoms with Crippen molar-refractivity contribution >= 4 is 11.9 Å². The van der Waals surface area contributed by atoms with Gasteiger partial charge in [-0.05, 0) is 37.3 Å². The minimum absolute atomic E-state index is 0.105. The van der Waals surface area contributed by atoms with Crippen LogP contribution in [0.3, 0.4) is 0 Å². The second kappa shape index (κ2) is 9.66. The lowest BCUT2D eigenvalue weighted by atomic mass is 9.78. The predicted octanol–water partition coefficient (Wildman–Crippen LogP) is 3.20. The Bertz CT molecular complexity index is 704. The molecule has 1 aromatic rings. The Morgan fingerprint density at radius 2 is 1.71 bits per heavy atom. The van der Waals surface area contributed by atoms with Gasteiger partial charge in [-0.1, -0.05) is 26.7 Å². The quantitative estimate of drug-likeness (QED) is 0.717. The Morgan fingerprint density at radius 3 is 2.32 bits per heavy atom. The third-order valence-corrected chi connectivity index (χ3v) is 5.61. The molecular weight excluding hydrogens is 362 g/mol. The molecule has 0 radical (unpaired) electrons. The molecular formula is C21H31NO6. The zero-order valence-electron chi connectivity index (χ0n) is 17.5. The summed E-state index contributed by atoms with van der Waals surface area (Å²) in [6.45, 7) is 5.92. The molecule has 0 spiro atoms. The number of ether oxygens (including phenoxy) is 4. The number of rotatable bonds is 7. The molecule has 1 amide bonds. The summed E-state index contributed by atoms with van der Waals surface area (Å²) in [5.41, 5.74) is 0.166. The van der Waals surface area contributed by atoms with Gasteiger partial charge in [0.2, 0.25) is 5.75 Å². The van der Waals surface area contributed by atoms with Gasteiger partial charge >= 0.3 is 5.97 Å². The van der Waals surface area contributed by atoms with E-state index >= 15 is 0 Å². The predicted molar refractivity (Wildman–Crippen MR) is 105 cm³/mol. The van der Waals surface area contributed by atoms with Crippen molar-refractivity contribution in [3.63, 3.8) is 0 Å². The van der Waals surface area contributed by atoms with Crippen molar-refractivity contribution in [3.05, 3.63) is 17.7 Å². The summed E-state index contributed by atoms with van der Waals surface area (Å²) in [6, 6.07) is 3.22. The Labute approximate surface area is 166 Å². The molecule has 7 nitrogen and oxygen atoms in total. The normalized spacial score (nSPS) is 22.7. The average molecular weight is 393 g/mol. The standard InChI is InChI=1S/C21H31NO6/c1-12-8-7-9-16(13(12)2)22-20(23)14(3)28-21(24)15-10-11-17(25-4)19(27-6)18(15)26-5/h10-14,16H,7-9H2,1-6H3,(H,22,23)/t12-,13+,14+,16-/m0/s1. The van der Waals surface area contributed by atoms with Crippen LogP contribution in [0.2, 0.25) is 0 Å². The van der Waals surface area contributed by atoms with Crippen molar-refractivity contribution in [2.24, 2.45) is 11.8 Å². The topological polar surface area (TPSA) is 83.1 Å². The van der Waals surface area contributed by atoms with E-state index in [-0.39, 0.29) is 23.3 Å². The lowest BCUT2D eigenvalue weighted by Crippen LogP contribution is -2.47. The molecule has 0 aromatic heterocycles. The number of nitrogens with one attached hydrogen (secondary N) is 1. The second-order valence-corrected chi connectivity index (χ2v) is 7.31. The smallest absolute Gasteiger partial charge is 0.342 e. The SMILES string of the molecule is COc1ccc(C(=O)O[C@H](C)C(=O)N[C@H]2CCC[C@H](C)[C@H]2C)c(OC)c1OC. The minimum atomic E-state index is -0.922. The maximum atomic E-state index is 12.6. The first-order valence-corrected chi connectivity index (χ1v) is 9.64. The molecule has 7 heteroatoms. The molecule has 0 aliphatic heterocycles. The number of hydrogen-bond acceptors (Lipinski definition) is 6. The first-order valence-electron chi connectivity index (χ1n) is 9.64. The fourth-order valence-electron chi connectivity index (χ4n) is 3.63. The molecule has 28 heavy (non-hydrogen) atoms. The van der Waals surface area contributed by atoms with Crippen LogP contribution in [0.25, 0.3) is 0 Å². The highest BCUT2D eigenvalue weighted by Crippen LogP contribution is 2.40. The van der Waals surface area contributed by atoms with Gasteiger partial charge in [-0.25, -0.2) is 4.79 Å². The Hall–Kier alpha value is -2.44. The molecule has 0 unspecified atom stereocenters. The first-order chi connectivity index (χ1) is 13.3. The first kappa shape index (κ1) is 21.9. The maximum absolute atomic E-state index is 12.6. The van der Waals surface area contributed by atoms with Crippen molar-refractivity contribution in [1.82, 2.24) is 5.32 Å². The molecule has 1 fully saturated rings. The van der Waals surface area contributed by atoms with Crippen LogP contribution in [-0.4, -0.2) is 45.4 Å². The summed E-state index contributed by atoms with van der Waals surface area (Å²) in [6.07, 6.45) is 2.29. The van der Waals surface area contributed by atoms with Gasteiger partial charge in [-0.15, -0.1) is 0 Å². The number of esters is 1. The highest BCUT2D eigenvalue weighted by atomic mass is 16.6. The van der Waals surface area contributed by atoms with Gasteiger partial charge in [0, 0.05) is 6.04 Å². The van der Waals surface area contributed by atoms with Crippen LogP contribution in [-0.2, 0) is 9.53 Å². The van der Waals surface area contributed by atoms with E-state index in [0.717, 1.165) is 12.8 Å². The van der Waals surface area contributed by atoms with Gasteiger partial charge in [0.1, 0.15) is 5.56 Å². The van der Waals surface area contributed by atoms with Crippen LogP contribution in [0.4, 0.5) is 0 Å². The molecule has 4 atom stereocenters. The van der Waals surface area contributed by atoms with Crippen LogP contribution < -0.4 is 19.5 Å². The third kappa shape index (κ3) is 4.69. The van der Waals surface area contributed by atoms with Gasteiger partial charge in [0.15, 0.2) is 17.6 Å². The number of carbonyl (C=O) groups excluding carboxylic acids is 2. The Balaban J connectivity index is 2.08. The van der Waals surface area contributed by atoms with Gasteiger partial charge < -0.3 is 24.3 Å². The van der Waals surface area contributed by atoms with Crippen LogP contribution in [0, 0.1) is 11.8 Å². The largest absolute Gasteiger partial charge is 0.493 e.